The summed E-state index contributed by atoms with van der Waals surface area (Å²) in [7, 11) is 4.50. The Morgan fingerprint density at radius 2 is 1.17 bits per heavy atom. The summed E-state index contributed by atoms with van der Waals surface area (Å²) >= 11 is 0. The highest BCUT2D eigenvalue weighted by Crippen LogP contribution is 1.56. The van der Waals surface area contributed by atoms with Crippen LogP contribution in [0.25, 0.3) is 0 Å². The first-order valence-corrected chi connectivity index (χ1v) is 1.99. The molecule has 0 spiro atoms. The summed E-state index contributed by atoms with van der Waals surface area (Å²) in [6.07, 6.45) is 1.25. The van der Waals surface area contributed by atoms with Gasteiger partial charge in [-0.2, -0.15) is 13.5 Å². The Labute approximate surface area is 49.2 Å². The Hall–Kier alpha value is 0.415. The summed E-state index contributed by atoms with van der Waals surface area (Å²) in [4.78, 5) is 0. The summed E-state index contributed by atoms with van der Waals surface area (Å²) in [6, 6.07) is 0. The van der Waals surface area contributed by atoms with Crippen molar-refractivity contribution in [1.29, 1.82) is 0 Å². The van der Waals surface area contributed by atoms with Gasteiger partial charge in [-0.25, -0.2) is 0 Å². The molecule has 0 bridgehead atoms. The number of hydrogen-bond acceptors (Lipinski definition) is 0. The highest BCUT2D eigenvalue weighted by molar-refractivity contribution is 7.59. The van der Waals surface area contributed by atoms with Gasteiger partial charge < -0.3 is 0 Å². The largest absolute Gasteiger partial charge is 0.197 e. The summed E-state index contributed by atoms with van der Waals surface area (Å²) in [5.74, 6) is 0. The van der Waals surface area contributed by atoms with E-state index < -0.39 is 0 Å². The van der Waals surface area contributed by atoms with Crippen molar-refractivity contribution in [2.75, 3.05) is 0 Å². The second-order valence-electron chi connectivity index (χ2n) is 0.707. The Morgan fingerprint density at radius 3 is 1.17 bits per heavy atom. The van der Waals surface area contributed by atoms with Crippen LogP contribution in [0.5, 0.6) is 0 Å². The molecule has 0 amide bonds. The molecule has 0 nitrogen and oxygen atoms in total. The lowest BCUT2D eigenvalue weighted by atomic mass is 10.2. The lowest BCUT2D eigenvalue weighted by Crippen LogP contribution is -1.27. The third-order valence-corrected chi connectivity index (χ3v) is 0. The van der Waals surface area contributed by atoms with E-state index in [4.69, 9.17) is 0 Å². The molecule has 2 radical (unpaired) electrons. The molecule has 0 fully saturated rings. The molecule has 0 unspecified atom stereocenters. The van der Waals surface area contributed by atoms with Gasteiger partial charge in [0, 0.05) is 0 Å². The van der Waals surface area contributed by atoms with E-state index in [0.29, 0.717) is 0 Å². The molecule has 6 heavy (non-hydrogen) atoms. The number of rotatable bonds is 0. The molecule has 0 aliphatic heterocycles. The average Bonchev–Trinajstić information content (AvgIpc) is 1.46. The van der Waals surface area contributed by atoms with E-state index in [9.17, 15) is 0 Å². The van der Waals surface area contributed by atoms with E-state index in [1.807, 2.05) is 0 Å². The minimum absolute atomic E-state index is 0. The molecule has 0 aliphatic carbocycles. The maximum atomic E-state index is 4.50. The van der Waals surface area contributed by atoms with Gasteiger partial charge in [0.25, 0.3) is 0 Å². The fourth-order valence-electron chi connectivity index (χ4n) is 0. The van der Waals surface area contributed by atoms with Crippen molar-refractivity contribution < 1.29 is 0 Å². The zero-order valence-electron chi connectivity index (χ0n) is 4.78. The van der Waals surface area contributed by atoms with Crippen molar-refractivity contribution in [3.63, 3.8) is 0 Å². The molecule has 0 rings (SSSR count). The average molecular weight is 104 g/mol. The minimum atomic E-state index is 0. The normalized spacial score (nSPS) is 3.83. The summed E-state index contributed by atoms with van der Waals surface area (Å²) in [5.41, 5.74) is 0. The topological polar surface area (TPSA) is 0 Å². The zero-order chi connectivity index (χ0) is 4.71. The minimum Gasteiger partial charge on any atom is -0.197 e. The third kappa shape index (κ3) is 299. The molecule has 0 aromatic heterocycles. The van der Waals surface area contributed by atoms with E-state index in [-0.39, 0.29) is 13.5 Å². The molecular weight excluding hydrogens is 90.9 g/mol. The monoisotopic (exact) mass is 104 g/mol. The van der Waals surface area contributed by atoms with Crippen LogP contribution in [0.4, 0.5) is 0 Å². The van der Waals surface area contributed by atoms with Gasteiger partial charge in [0.05, 0.1) is 7.85 Å². The van der Waals surface area contributed by atoms with Gasteiger partial charge >= 0.3 is 0 Å². The van der Waals surface area contributed by atoms with Crippen LogP contribution in [-0.2, 0) is 0 Å². The first-order chi connectivity index (χ1) is 2.41. The van der Waals surface area contributed by atoms with Gasteiger partial charge in [0.2, 0.25) is 0 Å². The van der Waals surface area contributed by atoms with Crippen LogP contribution in [0.2, 0.25) is 6.82 Å². The van der Waals surface area contributed by atoms with Crippen LogP contribution >= 0.6 is 13.5 Å². The van der Waals surface area contributed by atoms with Gasteiger partial charge in [-0.3, -0.25) is 0 Å². The summed E-state index contributed by atoms with van der Waals surface area (Å²) in [6.45, 7) is 5.75. The van der Waals surface area contributed by atoms with Gasteiger partial charge in [-0.05, 0) is 0 Å². The van der Waals surface area contributed by atoms with Crippen molar-refractivity contribution in [3.8, 4) is 0 Å². The molecule has 0 N–H and O–H groups in total. The first-order valence-electron chi connectivity index (χ1n) is 1.99. The van der Waals surface area contributed by atoms with Gasteiger partial charge in [0.15, 0.2) is 0 Å². The van der Waals surface area contributed by atoms with Crippen LogP contribution in [0, 0.1) is 0 Å². The highest BCUT2D eigenvalue weighted by Gasteiger charge is 1.35. The standard InChI is InChI=1S/C3H8.CH3B.H2S/c1-3-2;1-2;/h3H2,1-2H3;1H3;1H2. The molecule has 0 aromatic rings. The SMILES string of the molecule is CCC.S.[B]C. The number of hydrogen-bond donors (Lipinski definition) is 0. The second-order valence-corrected chi connectivity index (χ2v) is 0.707. The van der Waals surface area contributed by atoms with Gasteiger partial charge in [-0.1, -0.05) is 27.1 Å². The maximum absolute atomic E-state index is 4.50. The van der Waals surface area contributed by atoms with E-state index in [2.05, 4.69) is 21.7 Å². The molecule has 0 aromatic carbocycles. The van der Waals surface area contributed by atoms with Crippen LogP contribution < -0.4 is 0 Å². The van der Waals surface area contributed by atoms with Crippen LogP contribution in [-0.4, -0.2) is 7.85 Å². The Morgan fingerprint density at radius 1 is 1.17 bits per heavy atom. The second kappa shape index (κ2) is 52.7. The fraction of sp³-hybridized carbons (Fsp3) is 1.00. The fourth-order valence-corrected chi connectivity index (χ4v) is 0. The molecule has 38 valence electrons. The molecule has 0 saturated heterocycles. The first kappa shape index (κ1) is 16.1. The zero-order valence-corrected chi connectivity index (χ0v) is 5.78. The lowest BCUT2D eigenvalue weighted by Gasteiger charge is -1.48. The lowest BCUT2D eigenvalue weighted by molar-refractivity contribution is 1.09. The van der Waals surface area contributed by atoms with Crippen molar-refractivity contribution >= 4 is 21.3 Å². The van der Waals surface area contributed by atoms with Crippen molar-refractivity contribution in [1.82, 2.24) is 0 Å². The molecule has 0 atom stereocenters. The molecule has 0 aliphatic rings. The maximum Gasteiger partial charge on any atom is 0.0606 e. The van der Waals surface area contributed by atoms with E-state index in [1.165, 1.54) is 13.2 Å². The quantitative estimate of drug-likeness (QED) is 0.410. The molecule has 0 heterocycles. The van der Waals surface area contributed by atoms with E-state index in [1.54, 1.807) is 0 Å². The Kier molecular flexibility index (Phi) is 142. The molecule has 0 saturated carbocycles. The van der Waals surface area contributed by atoms with Crippen molar-refractivity contribution in [2.24, 2.45) is 0 Å². The summed E-state index contributed by atoms with van der Waals surface area (Å²) < 4.78 is 0. The molecular formula is C4H13BS. The van der Waals surface area contributed by atoms with Gasteiger partial charge in [0.1, 0.15) is 0 Å². The predicted octanol–water partition coefficient (Wildman–Crippen LogP) is 1.73. The Balaban J connectivity index is -0.0000000275. The highest BCUT2D eigenvalue weighted by atomic mass is 32.1. The van der Waals surface area contributed by atoms with E-state index in [0.717, 1.165) is 0 Å². The predicted molar refractivity (Wildman–Crippen MR) is 38.0 cm³/mol. The van der Waals surface area contributed by atoms with Crippen LogP contribution in [0.15, 0.2) is 0 Å². The van der Waals surface area contributed by atoms with E-state index >= 15 is 0 Å². The Bertz CT molecular complexity index is 7.51. The van der Waals surface area contributed by atoms with Gasteiger partial charge in [-0.15, -0.1) is 0 Å². The molecule has 2 heteroatoms. The van der Waals surface area contributed by atoms with Crippen LogP contribution in [0.1, 0.15) is 20.3 Å². The smallest absolute Gasteiger partial charge is 0.0606 e. The van der Waals surface area contributed by atoms with Crippen LogP contribution in [0.3, 0.4) is 0 Å². The third-order valence-electron chi connectivity index (χ3n) is 0. The van der Waals surface area contributed by atoms with Crippen molar-refractivity contribution in [2.45, 2.75) is 27.1 Å². The summed E-state index contributed by atoms with van der Waals surface area (Å²) in [5, 5.41) is 0. The van der Waals surface area contributed by atoms with Crippen molar-refractivity contribution in [3.05, 3.63) is 0 Å².